The zero-order valence-electron chi connectivity index (χ0n) is 10.9. The lowest BCUT2D eigenvalue weighted by molar-refractivity contribution is 0.346. The number of nitrogen functional groups attached to an aromatic ring is 1. The van der Waals surface area contributed by atoms with Crippen LogP contribution >= 0.6 is 0 Å². The summed E-state index contributed by atoms with van der Waals surface area (Å²) in [4.78, 5) is 0.363. The molecule has 0 aromatic heterocycles. The van der Waals surface area contributed by atoms with Crippen molar-refractivity contribution in [1.29, 1.82) is 0 Å². The number of aryl methyl sites for hydroxylation is 1. The molecule has 1 aliphatic rings. The van der Waals surface area contributed by atoms with Gasteiger partial charge in [0.2, 0.25) is 10.0 Å². The van der Waals surface area contributed by atoms with Crippen molar-refractivity contribution in [3.05, 3.63) is 23.3 Å². The summed E-state index contributed by atoms with van der Waals surface area (Å²) < 4.78 is 26.7. The predicted molar refractivity (Wildman–Crippen MR) is 72.9 cm³/mol. The largest absolute Gasteiger partial charge is 0.399 e. The van der Waals surface area contributed by atoms with Crippen LogP contribution in [0.3, 0.4) is 0 Å². The fraction of sp³-hybridized carbons (Fsp3) is 0.538. The highest BCUT2D eigenvalue weighted by Gasteiger charge is 2.27. The molecule has 100 valence electrons. The Morgan fingerprint density at radius 3 is 2.33 bits per heavy atom. The van der Waals surface area contributed by atoms with Gasteiger partial charge in [0.05, 0.1) is 4.90 Å². The van der Waals surface area contributed by atoms with E-state index in [0.717, 1.165) is 30.4 Å². The highest BCUT2D eigenvalue weighted by atomic mass is 32.2. The van der Waals surface area contributed by atoms with Crippen molar-refractivity contribution in [3.63, 3.8) is 0 Å². The number of nitrogens with two attached hydrogens (primary N) is 1. The molecule has 0 aliphatic carbocycles. The third-order valence-electron chi connectivity index (χ3n) is 3.57. The van der Waals surface area contributed by atoms with Gasteiger partial charge in [-0.3, -0.25) is 0 Å². The van der Waals surface area contributed by atoms with Gasteiger partial charge in [-0.05, 0) is 49.9 Å². The molecule has 0 unspecified atom stereocenters. The van der Waals surface area contributed by atoms with E-state index >= 15 is 0 Å². The van der Waals surface area contributed by atoms with Crippen LogP contribution in [-0.2, 0) is 10.0 Å². The van der Waals surface area contributed by atoms with Crippen molar-refractivity contribution in [2.45, 2.75) is 38.0 Å². The Kier molecular flexibility index (Phi) is 3.64. The first-order chi connectivity index (χ1) is 8.43. The molecular weight excluding hydrogens is 248 g/mol. The summed E-state index contributed by atoms with van der Waals surface area (Å²) in [6, 6.07) is 3.39. The molecule has 1 aromatic carbocycles. The van der Waals surface area contributed by atoms with Gasteiger partial charge in [-0.1, -0.05) is 6.42 Å². The number of sulfonamides is 1. The fourth-order valence-corrected chi connectivity index (χ4v) is 4.22. The summed E-state index contributed by atoms with van der Waals surface area (Å²) in [6.45, 7) is 4.97. The molecule has 2 N–H and O–H groups in total. The molecule has 2 rings (SSSR count). The first-order valence-corrected chi connectivity index (χ1v) is 7.74. The summed E-state index contributed by atoms with van der Waals surface area (Å²) in [7, 11) is -3.38. The van der Waals surface area contributed by atoms with Crippen molar-refractivity contribution in [2.75, 3.05) is 18.8 Å². The molecule has 0 amide bonds. The summed E-state index contributed by atoms with van der Waals surface area (Å²) in [5.41, 5.74) is 8.00. The van der Waals surface area contributed by atoms with Crippen LogP contribution in [0, 0.1) is 13.8 Å². The molecular formula is C13H20N2O2S. The Morgan fingerprint density at radius 1 is 1.11 bits per heavy atom. The van der Waals surface area contributed by atoms with Crippen LogP contribution in [0.1, 0.15) is 30.4 Å². The van der Waals surface area contributed by atoms with E-state index in [1.165, 1.54) is 0 Å². The minimum Gasteiger partial charge on any atom is -0.399 e. The second kappa shape index (κ2) is 4.90. The molecule has 0 bridgehead atoms. The Hall–Kier alpha value is -1.07. The van der Waals surface area contributed by atoms with E-state index in [1.807, 2.05) is 19.9 Å². The third-order valence-corrected chi connectivity index (χ3v) is 5.60. The number of piperidine rings is 1. The number of anilines is 1. The van der Waals surface area contributed by atoms with Crippen LogP contribution in [0.2, 0.25) is 0 Å². The number of nitrogens with zero attached hydrogens (tertiary/aromatic N) is 1. The van der Waals surface area contributed by atoms with E-state index in [0.29, 0.717) is 23.7 Å². The third kappa shape index (κ3) is 2.37. The van der Waals surface area contributed by atoms with Crippen LogP contribution < -0.4 is 5.73 Å². The molecule has 0 saturated carbocycles. The normalized spacial score (nSPS) is 17.9. The van der Waals surface area contributed by atoms with Crippen LogP contribution in [0.25, 0.3) is 0 Å². The molecule has 1 saturated heterocycles. The maximum Gasteiger partial charge on any atom is 0.243 e. The molecule has 1 aromatic rings. The lowest BCUT2D eigenvalue weighted by atomic mass is 10.1. The molecule has 1 fully saturated rings. The molecule has 0 spiro atoms. The van der Waals surface area contributed by atoms with E-state index in [2.05, 4.69) is 0 Å². The van der Waals surface area contributed by atoms with Gasteiger partial charge in [-0.2, -0.15) is 4.31 Å². The maximum absolute atomic E-state index is 12.6. The number of benzene rings is 1. The Labute approximate surface area is 109 Å². The average molecular weight is 268 g/mol. The average Bonchev–Trinajstić information content (AvgIpc) is 2.34. The summed E-state index contributed by atoms with van der Waals surface area (Å²) in [6.07, 6.45) is 3.00. The quantitative estimate of drug-likeness (QED) is 0.835. The van der Waals surface area contributed by atoms with Gasteiger partial charge in [-0.25, -0.2) is 8.42 Å². The van der Waals surface area contributed by atoms with Gasteiger partial charge in [0.15, 0.2) is 0 Å². The van der Waals surface area contributed by atoms with Gasteiger partial charge < -0.3 is 5.73 Å². The SMILES string of the molecule is Cc1cc(N)cc(S(=O)(=O)N2CCCCC2)c1C. The van der Waals surface area contributed by atoms with E-state index in [9.17, 15) is 8.42 Å². The summed E-state index contributed by atoms with van der Waals surface area (Å²) >= 11 is 0. The Morgan fingerprint density at radius 2 is 1.72 bits per heavy atom. The Bertz CT molecular complexity index is 546. The van der Waals surface area contributed by atoms with E-state index in [1.54, 1.807) is 10.4 Å². The number of hydrogen-bond donors (Lipinski definition) is 1. The standard InChI is InChI=1S/C13H20N2O2S/c1-10-8-12(14)9-13(11(10)2)18(16,17)15-6-4-3-5-7-15/h8-9H,3-7,14H2,1-2H3. The van der Waals surface area contributed by atoms with Gasteiger partial charge >= 0.3 is 0 Å². The molecule has 0 atom stereocenters. The minimum atomic E-state index is -3.38. The minimum absolute atomic E-state index is 0.363. The van der Waals surface area contributed by atoms with Gasteiger partial charge in [-0.15, -0.1) is 0 Å². The van der Waals surface area contributed by atoms with E-state index < -0.39 is 10.0 Å². The predicted octanol–water partition coefficient (Wildman–Crippen LogP) is 2.06. The smallest absolute Gasteiger partial charge is 0.243 e. The molecule has 5 heteroatoms. The maximum atomic E-state index is 12.6. The first kappa shape index (κ1) is 13.4. The van der Waals surface area contributed by atoms with Crippen LogP contribution in [0.15, 0.2) is 17.0 Å². The number of hydrogen-bond acceptors (Lipinski definition) is 3. The summed E-state index contributed by atoms with van der Waals surface area (Å²) in [5, 5.41) is 0. The summed E-state index contributed by atoms with van der Waals surface area (Å²) in [5.74, 6) is 0. The lowest BCUT2D eigenvalue weighted by Gasteiger charge is -2.27. The van der Waals surface area contributed by atoms with E-state index in [4.69, 9.17) is 5.73 Å². The van der Waals surface area contributed by atoms with E-state index in [-0.39, 0.29) is 0 Å². The topological polar surface area (TPSA) is 63.4 Å². The molecule has 4 nitrogen and oxygen atoms in total. The molecule has 1 aliphatic heterocycles. The lowest BCUT2D eigenvalue weighted by Crippen LogP contribution is -2.36. The molecule has 1 heterocycles. The zero-order chi connectivity index (χ0) is 13.3. The highest BCUT2D eigenvalue weighted by molar-refractivity contribution is 7.89. The van der Waals surface area contributed by atoms with Gasteiger partial charge in [0.1, 0.15) is 0 Å². The number of rotatable bonds is 2. The molecule has 18 heavy (non-hydrogen) atoms. The second-order valence-electron chi connectivity index (χ2n) is 4.93. The van der Waals surface area contributed by atoms with Crippen molar-refractivity contribution < 1.29 is 8.42 Å². The van der Waals surface area contributed by atoms with Crippen molar-refractivity contribution in [2.24, 2.45) is 0 Å². The highest BCUT2D eigenvalue weighted by Crippen LogP contribution is 2.27. The zero-order valence-corrected chi connectivity index (χ0v) is 11.8. The van der Waals surface area contributed by atoms with Gasteiger partial charge in [0.25, 0.3) is 0 Å². The van der Waals surface area contributed by atoms with Crippen molar-refractivity contribution >= 4 is 15.7 Å². The van der Waals surface area contributed by atoms with Crippen LogP contribution in [0.5, 0.6) is 0 Å². The van der Waals surface area contributed by atoms with Crippen molar-refractivity contribution in [1.82, 2.24) is 4.31 Å². The fourth-order valence-electron chi connectivity index (χ4n) is 2.37. The van der Waals surface area contributed by atoms with Crippen LogP contribution in [0.4, 0.5) is 5.69 Å². The molecule has 0 radical (unpaired) electrons. The first-order valence-electron chi connectivity index (χ1n) is 6.30. The van der Waals surface area contributed by atoms with Crippen molar-refractivity contribution in [3.8, 4) is 0 Å². The second-order valence-corrected chi connectivity index (χ2v) is 6.83. The van der Waals surface area contributed by atoms with Gasteiger partial charge in [0, 0.05) is 18.8 Å². The monoisotopic (exact) mass is 268 g/mol. The Balaban J connectivity index is 2.46. The van der Waals surface area contributed by atoms with Crippen LogP contribution in [-0.4, -0.2) is 25.8 Å².